The summed E-state index contributed by atoms with van der Waals surface area (Å²) < 4.78 is 28.0. The van der Waals surface area contributed by atoms with Crippen molar-refractivity contribution in [2.75, 3.05) is 12.8 Å². The zero-order valence-corrected chi connectivity index (χ0v) is 10.6. The number of halogens is 1. The first kappa shape index (κ1) is 12.3. The number of sulfonamides is 1. The molecule has 7 heteroatoms. The fourth-order valence-corrected chi connectivity index (χ4v) is 2.47. The topological polar surface area (TPSA) is 95.4 Å². The van der Waals surface area contributed by atoms with Crippen LogP contribution in [0.25, 0.3) is 0 Å². The van der Waals surface area contributed by atoms with E-state index in [1.807, 2.05) is 0 Å². The first-order valence-corrected chi connectivity index (χ1v) is 6.28. The van der Waals surface area contributed by atoms with Gasteiger partial charge in [-0.3, -0.25) is 0 Å². The van der Waals surface area contributed by atoms with Crippen LogP contribution >= 0.6 is 15.9 Å². The van der Waals surface area contributed by atoms with Gasteiger partial charge < -0.3 is 10.5 Å². The van der Waals surface area contributed by atoms with Gasteiger partial charge in [0, 0.05) is 4.47 Å². The second kappa shape index (κ2) is 3.99. The van der Waals surface area contributed by atoms with Gasteiger partial charge in [-0.25, -0.2) is 13.6 Å². The van der Waals surface area contributed by atoms with Crippen LogP contribution in [0.3, 0.4) is 0 Å². The van der Waals surface area contributed by atoms with Crippen LogP contribution in [0.2, 0.25) is 0 Å². The first-order chi connectivity index (χ1) is 6.79. The fraction of sp³-hybridized carbons (Fsp3) is 0.250. The molecule has 4 N–H and O–H groups in total. The van der Waals surface area contributed by atoms with Crippen LogP contribution < -0.4 is 15.6 Å². The van der Waals surface area contributed by atoms with E-state index in [0.717, 1.165) is 0 Å². The van der Waals surface area contributed by atoms with Crippen molar-refractivity contribution in [3.63, 3.8) is 0 Å². The Morgan fingerprint density at radius 2 is 2.00 bits per heavy atom. The van der Waals surface area contributed by atoms with Crippen molar-refractivity contribution >= 4 is 31.6 Å². The van der Waals surface area contributed by atoms with Crippen molar-refractivity contribution in [1.82, 2.24) is 0 Å². The summed E-state index contributed by atoms with van der Waals surface area (Å²) in [5.74, 6) is 0.0817. The van der Waals surface area contributed by atoms with Crippen LogP contribution in [0.15, 0.2) is 15.4 Å². The monoisotopic (exact) mass is 294 g/mol. The third-order valence-electron chi connectivity index (χ3n) is 2.00. The predicted octanol–water partition coefficient (Wildman–Crippen LogP) is 0.996. The minimum Gasteiger partial charge on any atom is -0.493 e. The van der Waals surface area contributed by atoms with Crippen LogP contribution in [-0.4, -0.2) is 15.5 Å². The molecule has 0 amide bonds. The molecule has 0 heterocycles. The van der Waals surface area contributed by atoms with E-state index in [2.05, 4.69) is 15.9 Å². The van der Waals surface area contributed by atoms with Gasteiger partial charge in [0.2, 0.25) is 10.0 Å². The molecule has 1 rings (SSSR count). The van der Waals surface area contributed by atoms with Crippen LogP contribution in [-0.2, 0) is 10.0 Å². The second-order valence-corrected chi connectivity index (χ2v) is 5.36. The van der Waals surface area contributed by atoms with Crippen LogP contribution in [0.1, 0.15) is 5.56 Å². The Labute approximate surface area is 96.6 Å². The summed E-state index contributed by atoms with van der Waals surface area (Å²) >= 11 is 3.20. The van der Waals surface area contributed by atoms with E-state index in [1.54, 1.807) is 6.92 Å². The fourth-order valence-electron chi connectivity index (χ4n) is 1.14. The maximum Gasteiger partial charge on any atom is 0.241 e. The Morgan fingerprint density at radius 3 is 2.40 bits per heavy atom. The number of hydrogen-bond donors (Lipinski definition) is 2. The molecular formula is C8H11BrN2O3S. The van der Waals surface area contributed by atoms with Crippen LogP contribution in [0.5, 0.6) is 5.75 Å². The van der Waals surface area contributed by atoms with Crippen LogP contribution in [0, 0.1) is 6.92 Å². The number of hydrogen-bond acceptors (Lipinski definition) is 4. The van der Waals surface area contributed by atoms with Gasteiger partial charge in [-0.2, -0.15) is 0 Å². The highest BCUT2D eigenvalue weighted by Gasteiger charge is 2.20. The van der Waals surface area contributed by atoms with Gasteiger partial charge in [-0.1, -0.05) is 15.9 Å². The summed E-state index contributed by atoms with van der Waals surface area (Å²) in [4.78, 5) is -0.125. The Morgan fingerprint density at radius 1 is 1.47 bits per heavy atom. The van der Waals surface area contributed by atoms with Crippen molar-refractivity contribution in [2.45, 2.75) is 11.8 Å². The number of anilines is 1. The minimum atomic E-state index is -3.84. The summed E-state index contributed by atoms with van der Waals surface area (Å²) in [6.07, 6.45) is 0. The quantitative estimate of drug-likeness (QED) is 0.795. The average Bonchev–Trinajstić information content (AvgIpc) is 2.12. The third kappa shape index (κ3) is 2.24. The second-order valence-electron chi connectivity index (χ2n) is 2.97. The summed E-state index contributed by atoms with van der Waals surface area (Å²) in [5, 5.41) is 5.04. The van der Waals surface area contributed by atoms with Gasteiger partial charge in [-0.15, -0.1) is 0 Å². The van der Waals surface area contributed by atoms with Gasteiger partial charge in [0.05, 0.1) is 12.8 Å². The number of nitrogens with two attached hydrogens (primary N) is 2. The number of nitrogen functional groups attached to an aromatic ring is 1. The molecule has 0 radical (unpaired) electrons. The third-order valence-corrected chi connectivity index (χ3v) is 3.74. The summed E-state index contributed by atoms with van der Waals surface area (Å²) in [5.41, 5.74) is 6.68. The first-order valence-electron chi connectivity index (χ1n) is 3.94. The smallest absolute Gasteiger partial charge is 0.241 e. The van der Waals surface area contributed by atoms with E-state index in [4.69, 9.17) is 15.6 Å². The van der Waals surface area contributed by atoms with Crippen molar-refractivity contribution < 1.29 is 13.2 Å². The number of benzene rings is 1. The highest BCUT2D eigenvalue weighted by molar-refractivity contribution is 9.10. The van der Waals surface area contributed by atoms with Crippen molar-refractivity contribution in [2.24, 2.45) is 5.14 Å². The maximum atomic E-state index is 11.2. The van der Waals surface area contributed by atoms with Crippen molar-refractivity contribution in [3.8, 4) is 5.75 Å². The zero-order chi connectivity index (χ0) is 11.8. The molecule has 0 saturated heterocycles. The van der Waals surface area contributed by atoms with E-state index in [-0.39, 0.29) is 16.3 Å². The van der Waals surface area contributed by atoms with E-state index in [9.17, 15) is 8.42 Å². The summed E-state index contributed by atoms with van der Waals surface area (Å²) in [7, 11) is -2.50. The molecule has 0 unspecified atom stereocenters. The Hall–Kier alpha value is -0.790. The lowest BCUT2D eigenvalue weighted by atomic mass is 10.2. The van der Waals surface area contributed by atoms with E-state index in [1.165, 1.54) is 13.2 Å². The molecular weight excluding hydrogens is 284 g/mol. The lowest BCUT2D eigenvalue weighted by Gasteiger charge is -2.13. The molecule has 0 aliphatic rings. The molecule has 1 aromatic rings. The maximum absolute atomic E-state index is 11.2. The molecule has 1 aromatic carbocycles. The molecule has 15 heavy (non-hydrogen) atoms. The van der Waals surface area contributed by atoms with Gasteiger partial charge >= 0.3 is 0 Å². The standard InChI is InChI=1S/C8H11BrN2O3S/c1-4-5(9)3-6(15(11,12)13)8(14-2)7(4)10/h3H,10H2,1-2H3,(H2,11,12,13). The van der Waals surface area contributed by atoms with Gasteiger partial charge in [0.1, 0.15) is 4.90 Å². The summed E-state index contributed by atoms with van der Waals surface area (Å²) in [6, 6.07) is 1.37. The number of methoxy groups -OCH3 is 1. The molecule has 0 aliphatic carbocycles. The Bertz CT molecular complexity index is 499. The number of ether oxygens (including phenoxy) is 1. The molecule has 0 bridgehead atoms. The van der Waals surface area contributed by atoms with Gasteiger partial charge in [0.15, 0.2) is 5.75 Å². The predicted molar refractivity (Wildman–Crippen MR) is 61.2 cm³/mol. The Balaban J connectivity index is 3.68. The van der Waals surface area contributed by atoms with Crippen LogP contribution in [0.4, 0.5) is 5.69 Å². The zero-order valence-electron chi connectivity index (χ0n) is 8.24. The highest BCUT2D eigenvalue weighted by Crippen LogP contribution is 2.36. The molecule has 0 fully saturated rings. The van der Waals surface area contributed by atoms with E-state index >= 15 is 0 Å². The lowest BCUT2D eigenvalue weighted by Crippen LogP contribution is -2.15. The molecule has 0 spiro atoms. The van der Waals surface area contributed by atoms with Gasteiger partial charge in [0.25, 0.3) is 0 Å². The highest BCUT2D eigenvalue weighted by atomic mass is 79.9. The molecule has 5 nitrogen and oxygen atoms in total. The van der Waals surface area contributed by atoms with E-state index in [0.29, 0.717) is 10.0 Å². The molecule has 0 saturated carbocycles. The lowest BCUT2D eigenvalue weighted by molar-refractivity contribution is 0.404. The number of primary sulfonamides is 1. The SMILES string of the molecule is COc1c(S(N)(=O)=O)cc(Br)c(C)c1N. The summed E-state index contributed by atoms with van der Waals surface area (Å²) in [6.45, 7) is 1.74. The van der Waals surface area contributed by atoms with Gasteiger partial charge in [-0.05, 0) is 18.6 Å². The van der Waals surface area contributed by atoms with Crippen molar-refractivity contribution in [1.29, 1.82) is 0 Å². The minimum absolute atomic E-state index is 0.0817. The molecule has 0 aliphatic heterocycles. The largest absolute Gasteiger partial charge is 0.493 e. The van der Waals surface area contributed by atoms with Crippen molar-refractivity contribution in [3.05, 3.63) is 16.1 Å². The van der Waals surface area contributed by atoms with E-state index < -0.39 is 10.0 Å². The number of rotatable bonds is 2. The Kier molecular flexibility index (Phi) is 3.27. The molecule has 84 valence electrons. The molecule has 0 aromatic heterocycles. The normalized spacial score (nSPS) is 11.5. The molecule has 0 atom stereocenters. The average molecular weight is 295 g/mol.